The summed E-state index contributed by atoms with van der Waals surface area (Å²) in [7, 11) is 1.68. The Hall–Kier alpha value is -0.700. The van der Waals surface area contributed by atoms with Crippen LogP contribution in [0.1, 0.15) is 110 Å². The molecule has 0 aliphatic rings. The first-order chi connectivity index (χ1) is 12.1. The molecule has 25 heavy (non-hydrogen) atoms. The zero-order valence-electron chi connectivity index (χ0n) is 17.1. The standard InChI is InChI=1S/C22H42O3/c1-4-6-8-10-12-14-21(23)17-16-20(19-25-3)18-22(24)15-13-11-9-7-5-2/h20H,4-19H2,1-3H3. The lowest BCUT2D eigenvalue weighted by atomic mass is 9.93. The first kappa shape index (κ1) is 24.3. The number of ether oxygens (including phenoxy) is 1. The van der Waals surface area contributed by atoms with Gasteiger partial charge in [0.15, 0.2) is 0 Å². The van der Waals surface area contributed by atoms with Crippen molar-refractivity contribution in [3.63, 3.8) is 0 Å². The van der Waals surface area contributed by atoms with Crippen molar-refractivity contribution >= 4 is 11.6 Å². The minimum atomic E-state index is 0.206. The number of hydrogen-bond donors (Lipinski definition) is 0. The molecular weight excluding hydrogens is 312 g/mol. The Morgan fingerprint density at radius 3 is 1.76 bits per heavy atom. The second-order valence-corrected chi connectivity index (χ2v) is 7.47. The van der Waals surface area contributed by atoms with Crippen LogP contribution in [0, 0.1) is 5.92 Å². The molecule has 0 rings (SSSR count). The van der Waals surface area contributed by atoms with Crippen LogP contribution in [0.25, 0.3) is 0 Å². The summed E-state index contributed by atoms with van der Waals surface area (Å²) in [6, 6.07) is 0. The fraction of sp³-hybridized carbons (Fsp3) is 0.909. The van der Waals surface area contributed by atoms with Crippen LogP contribution in [-0.2, 0) is 14.3 Å². The predicted molar refractivity (Wildman–Crippen MR) is 106 cm³/mol. The summed E-state index contributed by atoms with van der Waals surface area (Å²) in [5, 5.41) is 0. The third kappa shape index (κ3) is 16.5. The van der Waals surface area contributed by atoms with Crippen LogP contribution in [0.3, 0.4) is 0 Å². The van der Waals surface area contributed by atoms with Gasteiger partial charge in [-0.1, -0.05) is 65.2 Å². The molecule has 0 N–H and O–H groups in total. The fourth-order valence-corrected chi connectivity index (χ4v) is 3.25. The van der Waals surface area contributed by atoms with E-state index >= 15 is 0 Å². The number of carbonyl (C=O) groups is 2. The van der Waals surface area contributed by atoms with Crippen LogP contribution < -0.4 is 0 Å². The summed E-state index contributed by atoms with van der Waals surface area (Å²) in [6.45, 7) is 4.99. The topological polar surface area (TPSA) is 43.4 Å². The van der Waals surface area contributed by atoms with E-state index in [1.54, 1.807) is 7.11 Å². The molecule has 0 radical (unpaired) electrons. The average Bonchev–Trinajstić information content (AvgIpc) is 2.59. The van der Waals surface area contributed by atoms with Crippen LogP contribution in [0.5, 0.6) is 0 Å². The van der Waals surface area contributed by atoms with Crippen LogP contribution >= 0.6 is 0 Å². The van der Waals surface area contributed by atoms with Crippen LogP contribution in [-0.4, -0.2) is 25.3 Å². The maximum absolute atomic E-state index is 12.1. The fourth-order valence-electron chi connectivity index (χ4n) is 3.25. The highest BCUT2D eigenvalue weighted by molar-refractivity contribution is 5.79. The number of carbonyl (C=O) groups excluding carboxylic acids is 2. The number of Topliss-reactive ketones (excluding diaryl/α,β-unsaturated/α-hetero) is 2. The highest BCUT2D eigenvalue weighted by Gasteiger charge is 2.15. The third-order valence-electron chi connectivity index (χ3n) is 4.87. The molecule has 0 bridgehead atoms. The summed E-state index contributed by atoms with van der Waals surface area (Å²) in [4.78, 5) is 24.2. The van der Waals surface area contributed by atoms with Gasteiger partial charge in [0.1, 0.15) is 11.6 Å². The van der Waals surface area contributed by atoms with Crippen molar-refractivity contribution in [2.45, 2.75) is 110 Å². The Morgan fingerprint density at radius 1 is 0.720 bits per heavy atom. The molecule has 0 aromatic rings. The highest BCUT2D eigenvalue weighted by atomic mass is 16.5. The Bertz CT molecular complexity index is 325. The molecule has 0 heterocycles. The zero-order chi connectivity index (χ0) is 18.8. The normalized spacial score (nSPS) is 12.3. The maximum Gasteiger partial charge on any atom is 0.133 e. The molecular formula is C22H42O3. The summed E-state index contributed by atoms with van der Waals surface area (Å²) >= 11 is 0. The lowest BCUT2D eigenvalue weighted by Gasteiger charge is -2.15. The predicted octanol–water partition coefficient (Wildman–Crippen LogP) is 6.28. The van der Waals surface area contributed by atoms with Gasteiger partial charge in [0.05, 0.1) is 0 Å². The molecule has 3 nitrogen and oxygen atoms in total. The molecule has 3 heteroatoms. The minimum Gasteiger partial charge on any atom is -0.384 e. The lowest BCUT2D eigenvalue weighted by molar-refractivity contribution is -0.122. The first-order valence-corrected chi connectivity index (χ1v) is 10.7. The molecule has 0 aromatic carbocycles. The molecule has 0 amide bonds. The molecule has 1 unspecified atom stereocenters. The van der Waals surface area contributed by atoms with Gasteiger partial charge in [-0.05, 0) is 25.2 Å². The van der Waals surface area contributed by atoms with Crippen molar-refractivity contribution in [1.82, 2.24) is 0 Å². The SMILES string of the molecule is CCCCCCCC(=O)CCC(COC)CC(=O)CCCCCCC. The van der Waals surface area contributed by atoms with E-state index in [-0.39, 0.29) is 5.92 Å². The van der Waals surface area contributed by atoms with E-state index in [4.69, 9.17) is 4.74 Å². The Morgan fingerprint density at radius 2 is 1.24 bits per heavy atom. The maximum atomic E-state index is 12.1. The molecule has 0 aromatic heterocycles. The van der Waals surface area contributed by atoms with Gasteiger partial charge in [0.25, 0.3) is 0 Å². The largest absolute Gasteiger partial charge is 0.384 e. The molecule has 0 saturated heterocycles. The Labute approximate surface area is 156 Å². The molecule has 0 fully saturated rings. The molecule has 0 saturated carbocycles. The quantitative estimate of drug-likeness (QED) is 0.256. The number of hydrogen-bond acceptors (Lipinski definition) is 3. The van der Waals surface area contributed by atoms with Gasteiger partial charge in [0.2, 0.25) is 0 Å². The number of ketones is 2. The zero-order valence-corrected chi connectivity index (χ0v) is 17.1. The molecule has 0 spiro atoms. The smallest absolute Gasteiger partial charge is 0.133 e. The monoisotopic (exact) mass is 354 g/mol. The third-order valence-corrected chi connectivity index (χ3v) is 4.87. The van der Waals surface area contributed by atoms with E-state index in [0.717, 1.165) is 32.1 Å². The summed E-state index contributed by atoms with van der Waals surface area (Å²) in [6.07, 6.45) is 15.2. The molecule has 148 valence electrons. The second kappa shape index (κ2) is 18.1. The van der Waals surface area contributed by atoms with E-state index < -0.39 is 0 Å². The van der Waals surface area contributed by atoms with Gasteiger partial charge < -0.3 is 4.74 Å². The van der Waals surface area contributed by atoms with Gasteiger partial charge in [-0.3, -0.25) is 9.59 Å². The van der Waals surface area contributed by atoms with Crippen LogP contribution in [0.4, 0.5) is 0 Å². The van der Waals surface area contributed by atoms with Crippen molar-refractivity contribution in [3.8, 4) is 0 Å². The number of methoxy groups -OCH3 is 1. The number of rotatable bonds is 19. The van der Waals surface area contributed by atoms with Gasteiger partial charge >= 0.3 is 0 Å². The van der Waals surface area contributed by atoms with Gasteiger partial charge in [-0.25, -0.2) is 0 Å². The summed E-state index contributed by atoms with van der Waals surface area (Å²) < 4.78 is 5.26. The van der Waals surface area contributed by atoms with Crippen molar-refractivity contribution in [3.05, 3.63) is 0 Å². The van der Waals surface area contributed by atoms with Gasteiger partial charge in [-0.15, -0.1) is 0 Å². The van der Waals surface area contributed by atoms with E-state index in [1.807, 2.05) is 0 Å². The van der Waals surface area contributed by atoms with E-state index in [1.165, 1.54) is 38.5 Å². The lowest BCUT2D eigenvalue weighted by Crippen LogP contribution is -2.15. The van der Waals surface area contributed by atoms with Crippen molar-refractivity contribution in [2.75, 3.05) is 13.7 Å². The average molecular weight is 355 g/mol. The first-order valence-electron chi connectivity index (χ1n) is 10.7. The molecule has 0 aliphatic heterocycles. The Kier molecular flexibility index (Phi) is 17.6. The van der Waals surface area contributed by atoms with Gasteiger partial charge in [-0.2, -0.15) is 0 Å². The summed E-state index contributed by atoms with van der Waals surface area (Å²) in [5.74, 6) is 0.896. The molecule has 0 aliphatic carbocycles. The highest BCUT2D eigenvalue weighted by Crippen LogP contribution is 2.17. The van der Waals surface area contributed by atoms with Crippen LogP contribution in [0.15, 0.2) is 0 Å². The van der Waals surface area contributed by atoms with Crippen molar-refractivity contribution in [1.29, 1.82) is 0 Å². The van der Waals surface area contributed by atoms with Gasteiger partial charge in [0, 0.05) is 39.4 Å². The van der Waals surface area contributed by atoms with Crippen molar-refractivity contribution in [2.24, 2.45) is 5.92 Å². The van der Waals surface area contributed by atoms with Crippen molar-refractivity contribution < 1.29 is 14.3 Å². The minimum absolute atomic E-state index is 0.206. The van der Waals surface area contributed by atoms with Crippen LogP contribution in [0.2, 0.25) is 0 Å². The Balaban J connectivity index is 3.87. The molecule has 1 atom stereocenters. The second-order valence-electron chi connectivity index (χ2n) is 7.47. The van der Waals surface area contributed by atoms with E-state index in [9.17, 15) is 9.59 Å². The van der Waals surface area contributed by atoms with E-state index in [0.29, 0.717) is 43.9 Å². The summed E-state index contributed by atoms with van der Waals surface area (Å²) in [5.41, 5.74) is 0. The van der Waals surface area contributed by atoms with E-state index in [2.05, 4.69) is 13.8 Å². The number of unbranched alkanes of at least 4 members (excludes halogenated alkanes) is 8.